The SMILES string of the molecule is CCCCc1ccc([NH2+]c2cc(N)c(N)s2)cc1. The number of nitrogen functional groups attached to an aromatic ring is 2. The van der Waals surface area contributed by atoms with E-state index in [4.69, 9.17) is 11.5 Å². The second kappa shape index (κ2) is 5.89. The van der Waals surface area contributed by atoms with Crippen LogP contribution in [0.4, 0.5) is 21.4 Å². The third kappa shape index (κ3) is 3.24. The summed E-state index contributed by atoms with van der Waals surface area (Å²) in [6.45, 7) is 2.22. The Bertz CT molecular complexity index is 483. The van der Waals surface area contributed by atoms with Crippen molar-refractivity contribution in [3.05, 3.63) is 35.9 Å². The number of hydrogen-bond acceptors (Lipinski definition) is 3. The molecule has 0 spiro atoms. The van der Waals surface area contributed by atoms with Crippen LogP contribution in [-0.2, 0) is 6.42 Å². The van der Waals surface area contributed by atoms with E-state index in [2.05, 4.69) is 36.5 Å². The Morgan fingerprint density at radius 3 is 2.44 bits per heavy atom. The molecule has 0 aliphatic carbocycles. The maximum absolute atomic E-state index is 5.75. The number of benzene rings is 1. The van der Waals surface area contributed by atoms with Crippen LogP contribution in [-0.4, -0.2) is 0 Å². The summed E-state index contributed by atoms with van der Waals surface area (Å²) in [5.41, 5.74) is 14.8. The minimum Gasteiger partial charge on any atom is -0.396 e. The summed E-state index contributed by atoms with van der Waals surface area (Å²) >= 11 is 1.52. The van der Waals surface area contributed by atoms with Crippen LogP contribution >= 0.6 is 11.3 Å². The second-order valence-corrected chi connectivity index (χ2v) is 5.57. The Hall–Kier alpha value is -1.52. The first-order valence-electron chi connectivity index (χ1n) is 6.27. The van der Waals surface area contributed by atoms with Crippen LogP contribution in [0.5, 0.6) is 0 Å². The average molecular weight is 262 g/mol. The van der Waals surface area contributed by atoms with Crippen molar-refractivity contribution in [2.24, 2.45) is 0 Å². The van der Waals surface area contributed by atoms with Gasteiger partial charge in [-0.2, -0.15) is 0 Å². The van der Waals surface area contributed by atoms with E-state index in [0.29, 0.717) is 10.7 Å². The molecule has 1 aromatic heterocycles. The zero-order valence-electron chi connectivity index (χ0n) is 10.6. The van der Waals surface area contributed by atoms with Crippen LogP contribution in [0.15, 0.2) is 30.3 Å². The molecule has 0 amide bonds. The molecular weight excluding hydrogens is 242 g/mol. The molecule has 0 aliphatic heterocycles. The molecule has 0 fully saturated rings. The van der Waals surface area contributed by atoms with E-state index in [1.807, 2.05) is 6.07 Å². The number of hydrogen-bond donors (Lipinski definition) is 3. The Kier molecular flexibility index (Phi) is 4.23. The molecule has 0 aliphatic rings. The lowest BCUT2D eigenvalue weighted by molar-refractivity contribution is -0.474. The molecule has 1 heterocycles. The number of aryl methyl sites for hydroxylation is 1. The molecule has 96 valence electrons. The number of rotatable bonds is 5. The predicted molar refractivity (Wildman–Crippen MR) is 79.4 cm³/mol. The topological polar surface area (TPSA) is 68.6 Å². The van der Waals surface area contributed by atoms with Crippen molar-refractivity contribution in [3.8, 4) is 0 Å². The lowest BCUT2D eigenvalue weighted by Crippen LogP contribution is -2.70. The fraction of sp³-hybridized carbons (Fsp3) is 0.286. The van der Waals surface area contributed by atoms with E-state index < -0.39 is 0 Å². The van der Waals surface area contributed by atoms with Gasteiger partial charge in [-0.15, -0.1) is 0 Å². The van der Waals surface area contributed by atoms with E-state index in [1.54, 1.807) is 0 Å². The quantitative estimate of drug-likeness (QED) is 0.725. The molecule has 0 saturated carbocycles. The highest BCUT2D eigenvalue weighted by Crippen LogP contribution is 2.28. The summed E-state index contributed by atoms with van der Waals surface area (Å²) in [4.78, 5) is 0. The van der Waals surface area contributed by atoms with Crippen LogP contribution in [0.1, 0.15) is 25.3 Å². The average Bonchev–Trinajstić information content (AvgIpc) is 2.67. The molecule has 2 rings (SSSR count). The zero-order chi connectivity index (χ0) is 13.0. The second-order valence-electron chi connectivity index (χ2n) is 4.46. The van der Waals surface area contributed by atoms with Gasteiger partial charge in [-0.25, -0.2) is 0 Å². The van der Waals surface area contributed by atoms with E-state index in [1.165, 1.54) is 35.4 Å². The number of anilines is 2. The smallest absolute Gasteiger partial charge is 0.194 e. The molecule has 0 unspecified atom stereocenters. The molecule has 6 N–H and O–H groups in total. The van der Waals surface area contributed by atoms with Gasteiger partial charge in [-0.1, -0.05) is 36.8 Å². The van der Waals surface area contributed by atoms with Crippen molar-refractivity contribution < 1.29 is 5.32 Å². The van der Waals surface area contributed by atoms with Gasteiger partial charge in [0.05, 0.1) is 5.69 Å². The third-order valence-electron chi connectivity index (χ3n) is 2.92. The van der Waals surface area contributed by atoms with Crippen molar-refractivity contribution in [1.29, 1.82) is 0 Å². The van der Waals surface area contributed by atoms with Gasteiger partial charge in [0.2, 0.25) is 0 Å². The van der Waals surface area contributed by atoms with Crippen LogP contribution in [0, 0.1) is 0 Å². The Morgan fingerprint density at radius 2 is 1.89 bits per heavy atom. The highest BCUT2D eigenvalue weighted by Gasteiger charge is 2.07. The number of nitrogens with two attached hydrogens (primary N) is 3. The fourth-order valence-electron chi connectivity index (χ4n) is 1.84. The molecule has 0 radical (unpaired) electrons. The van der Waals surface area contributed by atoms with Gasteiger partial charge in [0.1, 0.15) is 10.7 Å². The Morgan fingerprint density at radius 1 is 1.17 bits per heavy atom. The summed E-state index contributed by atoms with van der Waals surface area (Å²) in [6, 6.07) is 10.6. The van der Waals surface area contributed by atoms with Crippen molar-refractivity contribution in [3.63, 3.8) is 0 Å². The van der Waals surface area contributed by atoms with Crippen LogP contribution < -0.4 is 16.8 Å². The van der Waals surface area contributed by atoms with Gasteiger partial charge in [-0.3, -0.25) is 5.32 Å². The number of unbranched alkanes of at least 4 members (excludes halogenated alkanes) is 1. The molecule has 1 aromatic carbocycles. The van der Waals surface area contributed by atoms with E-state index in [-0.39, 0.29) is 0 Å². The summed E-state index contributed by atoms with van der Waals surface area (Å²) in [5, 5.41) is 3.91. The standard InChI is InChI=1S/C14H19N3S/c1-2-3-4-10-5-7-11(8-6-10)17-13-9-12(15)14(16)18-13/h5-9,17H,2-4,15-16H2,1H3/p+1. The van der Waals surface area contributed by atoms with Gasteiger partial charge in [0.15, 0.2) is 5.00 Å². The summed E-state index contributed by atoms with van der Waals surface area (Å²) < 4.78 is 0. The molecule has 0 saturated heterocycles. The maximum Gasteiger partial charge on any atom is 0.194 e. The van der Waals surface area contributed by atoms with Crippen LogP contribution in [0.3, 0.4) is 0 Å². The summed E-state index contributed by atoms with van der Waals surface area (Å²) in [6.07, 6.45) is 3.65. The minimum atomic E-state index is 0.672. The monoisotopic (exact) mass is 262 g/mol. The third-order valence-corrected chi connectivity index (χ3v) is 3.84. The van der Waals surface area contributed by atoms with E-state index in [0.717, 1.165) is 11.4 Å². The van der Waals surface area contributed by atoms with Crippen molar-refractivity contribution in [1.82, 2.24) is 0 Å². The molecule has 3 nitrogen and oxygen atoms in total. The van der Waals surface area contributed by atoms with Gasteiger partial charge < -0.3 is 11.5 Å². The normalized spacial score (nSPS) is 10.7. The highest BCUT2D eigenvalue weighted by molar-refractivity contribution is 7.19. The first-order chi connectivity index (χ1) is 8.69. The largest absolute Gasteiger partial charge is 0.396 e. The lowest BCUT2D eigenvalue weighted by atomic mass is 10.1. The van der Waals surface area contributed by atoms with Gasteiger partial charge in [-0.05, 0) is 30.5 Å². The summed E-state index contributed by atoms with van der Waals surface area (Å²) in [5.74, 6) is 0. The molecular formula is C14H20N3S+. The van der Waals surface area contributed by atoms with E-state index >= 15 is 0 Å². The molecule has 4 heteroatoms. The van der Waals surface area contributed by atoms with Crippen molar-refractivity contribution in [2.45, 2.75) is 26.2 Å². The van der Waals surface area contributed by atoms with E-state index in [9.17, 15) is 0 Å². The predicted octanol–water partition coefficient (Wildman–Crippen LogP) is 2.78. The van der Waals surface area contributed by atoms with Gasteiger partial charge in [0, 0.05) is 6.07 Å². The summed E-state index contributed by atoms with van der Waals surface area (Å²) in [7, 11) is 0. The maximum atomic E-state index is 5.75. The zero-order valence-corrected chi connectivity index (χ0v) is 11.5. The lowest BCUT2D eigenvalue weighted by Gasteiger charge is -2.01. The van der Waals surface area contributed by atoms with Gasteiger partial charge >= 0.3 is 0 Å². The first kappa shape index (κ1) is 12.9. The fourth-order valence-corrected chi connectivity index (χ4v) is 2.65. The van der Waals surface area contributed by atoms with Gasteiger partial charge in [0.25, 0.3) is 0 Å². The minimum absolute atomic E-state index is 0.672. The molecule has 18 heavy (non-hydrogen) atoms. The van der Waals surface area contributed by atoms with Crippen molar-refractivity contribution >= 4 is 32.7 Å². The Labute approximate surface area is 112 Å². The van der Waals surface area contributed by atoms with Crippen LogP contribution in [0.25, 0.3) is 0 Å². The van der Waals surface area contributed by atoms with Crippen molar-refractivity contribution in [2.75, 3.05) is 11.5 Å². The number of thiophene rings is 1. The molecule has 0 bridgehead atoms. The highest BCUT2D eigenvalue weighted by atomic mass is 32.1. The first-order valence-corrected chi connectivity index (χ1v) is 7.09. The molecule has 0 atom stereocenters. The molecule has 2 aromatic rings. The van der Waals surface area contributed by atoms with Crippen LogP contribution in [0.2, 0.25) is 0 Å². The number of quaternary nitrogens is 1. The Balaban J connectivity index is 2.01.